The van der Waals surface area contributed by atoms with Gasteiger partial charge in [-0.05, 0) is 18.6 Å². The Morgan fingerprint density at radius 2 is 1.85 bits per heavy atom. The van der Waals surface area contributed by atoms with Crippen LogP contribution in [-0.4, -0.2) is 31.1 Å². The number of rotatable bonds is 4. The fourth-order valence-electron chi connectivity index (χ4n) is 2.47. The molecule has 2 rings (SSSR count). The van der Waals surface area contributed by atoms with E-state index in [0.29, 0.717) is 6.42 Å². The number of nitrogens with zero attached hydrogens (tertiary/aromatic N) is 1. The summed E-state index contributed by atoms with van der Waals surface area (Å²) in [5.41, 5.74) is 0.0891. The Balaban J connectivity index is 0.00000200. The Morgan fingerprint density at radius 3 is 2.35 bits per heavy atom. The number of piperazine rings is 1. The molecule has 0 saturated carbocycles. The van der Waals surface area contributed by atoms with E-state index in [1.807, 2.05) is 0 Å². The van der Waals surface area contributed by atoms with Crippen LogP contribution in [0.3, 0.4) is 0 Å². The van der Waals surface area contributed by atoms with Crippen molar-refractivity contribution in [1.82, 2.24) is 10.2 Å². The summed E-state index contributed by atoms with van der Waals surface area (Å²) >= 11 is 5.67. The maximum atomic E-state index is 14.0. The fourth-order valence-corrected chi connectivity index (χ4v) is 2.66. The third-order valence-corrected chi connectivity index (χ3v) is 3.58. The molecule has 0 aliphatic carbocycles. The third-order valence-electron chi connectivity index (χ3n) is 3.36. The van der Waals surface area contributed by atoms with Crippen molar-refractivity contribution < 1.29 is 8.78 Å². The smallest absolute Gasteiger partial charge is 0.132 e. The van der Waals surface area contributed by atoms with Crippen molar-refractivity contribution in [2.24, 2.45) is 0 Å². The molecule has 0 amide bonds. The lowest BCUT2D eigenvalue weighted by atomic mass is 10.00. The molecule has 0 unspecified atom stereocenters. The van der Waals surface area contributed by atoms with Crippen molar-refractivity contribution in [1.29, 1.82) is 0 Å². The molecule has 112 valence electrons. The summed E-state index contributed by atoms with van der Waals surface area (Å²) < 4.78 is 28.1. The number of benzene rings is 1. The molecule has 6 heteroatoms. The zero-order valence-corrected chi connectivity index (χ0v) is 12.6. The van der Waals surface area contributed by atoms with Crippen LogP contribution in [0.2, 0.25) is 5.02 Å². The van der Waals surface area contributed by atoms with Crippen molar-refractivity contribution in [3.05, 3.63) is 47.0 Å². The van der Waals surface area contributed by atoms with Gasteiger partial charge < -0.3 is 5.32 Å². The lowest BCUT2D eigenvalue weighted by Crippen LogP contribution is -2.45. The highest BCUT2D eigenvalue weighted by molar-refractivity contribution is 6.30. The van der Waals surface area contributed by atoms with Gasteiger partial charge in [0.15, 0.2) is 0 Å². The Morgan fingerprint density at radius 1 is 1.30 bits per heavy atom. The van der Waals surface area contributed by atoms with E-state index in [2.05, 4.69) is 16.8 Å². The van der Waals surface area contributed by atoms with Crippen LogP contribution in [-0.2, 0) is 0 Å². The van der Waals surface area contributed by atoms with Crippen molar-refractivity contribution in [2.45, 2.75) is 12.5 Å². The normalized spacial score (nSPS) is 17.4. The number of hydrogen-bond donors (Lipinski definition) is 1. The van der Waals surface area contributed by atoms with E-state index in [1.54, 1.807) is 6.08 Å². The van der Waals surface area contributed by atoms with Crippen LogP contribution < -0.4 is 5.32 Å². The SMILES string of the molecule is C=CC[C@@H](c1c(F)cc(Cl)cc1F)N1CCNCC1.Cl. The van der Waals surface area contributed by atoms with Gasteiger partial charge in [0.2, 0.25) is 0 Å². The van der Waals surface area contributed by atoms with E-state index in [4.69, 9.17) is 11.6 Å². The Hall–Kier alpha value is -0.680. The van der Waals surface area contributed by atoms with Gasteiger partial charge in [-0.15, -0.1) is 19.0 Å². The minimum atomic E-state index is -0.588. The minimum absolute atomic E-state index is 0. The van der Waals surface area contributed by atoms with Gasteiger partial charge in [0.05, 0.1) is 0 Å². The first-order valence-electron chi connectivity index (χ1n) is 6.33. The molecule has 0 spiro atoms. The van der Waals surface area contributed by atoms with Gasteiger partial charge in [0, 0.05) is 42.8 Å². The van der Waals surface area contributed by atoms with Gasteiger partial charge in [-0.25, -0.2) is 8.78 Å². The molecule has 0 aromatic heterocycles. The van der Waals surface area contributed by atoms with Crippen LogP contribution in [0, 0.1) is 11.6 Å². The number of hydrogen-bond acceptors (Lipinski definition) is 2. The standard InChI is InChI=1S/C14H17ClF2N2.ClH/c1-2-3-13(19-6-4-18-5-7-19)14-11(16)8-10(15)9-12(14)17;/h2,8-9,13,18H,1,3-7H2;1H/t13-;/m0./s1. The van der Waals surface area contributed by atoms with Crippen LogP contribution in [0.4, 0.5) is 8.78 Å². The summed E-state index contributed by atoms with van der Waals surface area (Å²) in [6.45, 7) is 6.86. The Bertz CT molecular complexity index is 439. The monoisotopic (exact) mass is 322 g/mol. The molecule has 0 radical (unpaired) electrons. The third kappa shape index (κ3) is 3.92. The van der Waals surface area contributed by atoms with Crippen LogP contribution in [0.15, 0.2) is 24.8 Å². The maximum Gasteiger partial charge on any atom is 0.132 e. The van der Waals surface area contributed by atoms with Gasteiger partial charge in [-0.1, -0.05) is 17.7 Å². The Labute approximate surface area is 129 Å². The molecule has 2 nitrogen and oxygen atoms in total. The molecule has 0 bridgehead atoms. The largest absolute Gasteiger partial charge is 0.314 e. The van der Waals surface area contributed by atoms with Crippen LogP contribution in [0.5, 0.6) is 0 Å². The average molecular weight is 323 g/mol. The quantitative estimate of drug-likeness (QED) is 0.853. The lowest BCUT2D eigenvalue weighted by Gasteiger charge is -2.35. The van der Waals surface area contributed by atoms with Gasteiger partial charge in [0.1, 0.15) is 11.6 Å². The summed E-state index contributed by atoms with van der Waals surface area (Å²) in [5.74, 6) is -1.18. The van der Waals surface area contributed by atoms with Gasteiger partial charge in [-0.3, -0.25) is 4.90 Å². The van der Waals surface area contributed by atoms with Gasteiger partial charge in [0.25, 0.3) is 0 Å². The van der Waals surface area contributed by atoms with Crippen molar-refractivity contribution in [3.63, 3.8) is 0 Å². The number of nitrogens with one attached hydrogen (secondary N) is 1. The molecule has 1 heterocycles. The topological polar surface area (TPSA) is 15.3 Å². The first-order valence-corrected chi connectivity index (χ1v) is 6.71. The molecule has 1 N–H and O–H groups in total. The van der Waals surface area contributed by atoms with E-state index < -0.39 is 11.6 Å². The summed E-state index contributed by atoms with van der Waals surface area (Å²) in [6.07, 6.45) is 2.20. The Kier molecular flexibility index (Phi) is 6.89. The molecule has 20 heavy (non-hydrogen) atoms. The molecular formula is C14H18Cl2F2N2. The highest BCUT2D eigenvalue weighted by Gasteiger charge is 2.26. The highest BCUT2D eigenvalue weighted by atomic mass is 35.5. The maximum absolute atomic E-state index is 14.0. The first-order chi connectivity index (χ1) is 9.13. The predicted molar refractivity (Wildman–Crippen MR) is 80.6 cm³/mol. The predicted octanol–water partition coefficient (Wildman–Crippen LogP) is 3.56. The van der Waals surface area contributed by atoms with E-state index in [1.165, 1.54) is 0 Å². The van der Waals surface area contributed by atoms with Gasteiger partial charge in [-0.2, -0.15) is 0 Å². The second kappa shape index (κ2) is 7.93. The minimum Gasteiger partial charge on any atom is -0.314 e. The van der Waals surface area contributed by atoms with E-state index >= 15 is 0 Å². The summed E-state index contributed by atoms with van der Waals surface area (Å²) in [7, 11) is 0. The van der Waals surface area contributed by atoms with Crippen molar-refractivity contribution in [2.75, 3.05) is 26.2 Å². The first kappa shape index (κ1) is 17.4. The molecule has 1 saturated heterocycles. The fraction of sp³-hybridized carbons (Fsp3) is 0.429. The van der Waals surface area contributed by atoms with Crippen LogP contribution in [0.25, 0.3) is 0 Å². The average Bonchev–Trinajstić information content (AvgIpc) is 2.37. The molecule has 1 aromatic carbocycles. The number of halogens is 4. The van der Waals surface area contributed by atoms with Crippen molar-refractivity contribution in [3.8, 4) is 0 Å². The molecule has 1 aliphatic rings. The summed E-state index contributed by atoms with van der Waals surface area (Å²) in [4.78, 5) is 2.08. The molecule has 1 aliphatic heterocycles. The second-order valence-electron chi connectivity index (χ2n) is 4.61. The molecule has 1 aromatic rings. The van der Waals surface area contributed by atoms with Crippen molar-refractivity contribution >= 4 is 24.0 Å². The van der Waals surface area contributed by atoms with E-state index in [9.17, 15) is 8.78 Å². The zero-order valence-electron chi connectivity index (χ0n) is 11.0. The molecule has 1 fully saturated rings. The highest BCUT2D eigenvalue weighted by Crippen LogP contribution is 2.31. The van der Waals surface area contributed by atoms with E-state index in [-0.39, 0.29) is 29.0 Å². The molecule has 1 atom stereocenters. The lowest BCUT2D eigenvalue weighted by molar-refractivity contribution is 0.168. The van der Waals surface area contributed by atoms with E-state index in [0.717, 1.165) is 38.3 Å². The summed E-state index contributed by atoms with van der Waals surface area (Å²) in [6, 6.07) is 2.01. The van der Waals surface area contributed by atoms with Gasteiger partial charge >= 0.3 is 0 Å². The molecular weight excluding hydrogens is 305 g/mol. The summed E-state index contributed by atoms with van der Waals surface area (Å²) in [5, 5.41) is 3.31. The second-order valence-corrected chi connectivity index (χ2v) is 5.05. The zero-order chi connectivity index (χ0) is 13.8. The van der Waals surface area contributed by atoms with Crippen LogP contribution >= 0.6 is 24.0 Å². The van der Waals surface area contributed by atoms with Crippen LogP contribution in [0.1, 0.15) is 18.0 Å².